The van der Waals surface area contributed by atoms with Crippen LogP contribution < -0.4 is 9.44 Å². The Morgan fingerprint density at radius 3 is 2.21 bits per heavy atom. The predicted octanol–water partition coefficient (Wildman–Crippen LogP) is 1.01. The molecule has 1 aliphatic rings. The van der Waals surface area contributed by atoms with Crippen molar-refractivity contribution in [3.8, 4) is 0 Å². The Hall–Kier alpha value is -0.130. The van der Waals surface area contributed by atoms with Gasteiger partial charge in [0.15, 0.2) is 0 Å². The minimum Gasteiger partial charge on any atom is -0.200 e. The lowest BCUT2D eigenvalue weighted by Gasteiger charge is -2.44. The van der Waals surface area contributed by atoms with E-state index in [1.165, 1.54) is 0 Å². The van der Waals surface area contributed by atoms with E-state index in [0.717, 1.165) is 12.8 Å². The summed E-state index contributed by atoms with van der Waals surface area (Å²) in [7, 11) is -3.31. The van der Waals surface area contributed by atoms with Crippen molar-refractivity contribution >= 4 is 10.2 Å². The van der Waals surface area contributed by atoms with E-state index < -0.39 is 10.2 Å². The van der Waals surface area contributed by atoms with Gasteiger partial charge in [0.2, 0.25) is 0 Å². The zero-order valence-electron chi connectivity index (χ0n) is 9.29. The third kappa shape index (κ3) is 2.93. The summed E-state index contributed by atoms with van der Waals surface area (Å²) in [4.78, 5) is 0. The van der Waals surface area contributed by atoms with Crippen molar-refractivity contribution in [1.82, 2.24) is 9.44 Å². The highest BCUT2D eigenvalue weighted by Gasteiger charge is 2.40. The lowest BCUT2D eigenvalue weighted by Crippen LogP contribution is -2.55. The second-order valence-electron chi connectivity index (χ2n) is 4.97. The molecular weight excluding hydrogens is 200 g/mol. The van der Waals surface area contributed by atoms with Crippen molar-refractivity contribution < 1.29 is 8.42 Å². The Bertz CT molecular complexity index is 296. The van der Waals surface area contributed by atoms with Crippen LogP contribution >= 0.6 is 0 Å². The highest BCUT2D eigenvalue weighted by Crippen LogP contribution is 2.40. The maximum Gasteiger partial charge on any atom is 0.277 e. The van der Waals surface area contributed by atoms with Gasteiger partial charge in [-0.05, 0) is 32.1 Å². The van der Waals surface area contributed by atoms with E-state index in [4.69, 9.17) is 0 Å². The fraction of sp³-hybridized carbons (Fsp3) is 1.00. The Morgan fingerprint density at radius 2 is 1.93 bits per heavy atom. The third-order valence-electron chi connectivity index (χ3n) is 2.71. The van der Waals surface area contributed by atoms with Crippen LogP contribution in [0.25, 0.3) is 0 Å². The molecular formula is C9H20N2O2S. The molecule has 0 aliphatic heterocycles. The molecule has 0 aromatic rings. The highest BCUT2D eigenvalue weighted by molar-refractivity contribution is 7.87. The van der Waals surface area contributed by atoms with E-state index in [1.54, 1.807) is 0 Å². The van der Waals surface area contributed by atoms with Gasteiger partial charge in [0.05, 0.1) is 0 Å². The van der Waals surface area contributed by atoms with E-state index >= 15 is 0 Å². The van der Waals surface area contributed by atoms with Gasteiger partial charge in [-0.1, -0.05) is 13.8 Å². The molecule has 0 bridgehead atoms. The SMILES string of the molecule is CC(C)NS(=O)(=O)NC1CCC1(C)C. The van der Waals surface area contributed by atoms with Crippen molar-refractivity contribution in [3.63, 3.8) is 0 Å². The van der Waals surface area contributed by atoms with Crippen molar-refractivity contribution in [2.75, 3.05) is 0 Å². The molecule has 0 heterocycles. The van der Waals surface area contributed by atoms with Gasteiger partial charge in [0.1, 0.15) is 0 Å². The normalized spacial score (nSPS) is 26.2. The first-order chi connectivity index (χ1) is 6.23. The number of hydrogen-bond acceptors (Lipinski definition) is 2. The summed E-state index contributed by atoms with van der Waals surface area (Å²) in [5.41, 5.74) is 0.103. The Balaban J connectivity index is 2.52. The van der Waals surface area contributed by atoms with Crippen LogP contribution in [0.5, 0.6) is 0 Å². The Morgan fingerprint density at radius 1 is 1.36 bits per heavy atom. The third-order valence-corrected chi connectivity index (χ3v) is 4.09. The molecule has 84 valence electrons. The first-order valence-corrected chi connectivity index (χ1v) is 6.51. The molecule has 0 radical (unpaired) electrons. The van der Waals surface area contributed by atoms with Crippen LogP contribution in [-0.4, -0.2) is 20.5 Å². The van der Waals surface area contributed by atoms with Gasteiger partial charge in [-0.2, -0.15) is 17.9 Å². The van der Waals surface area contributed by atoms with Crippen molar-refractivity contribution in [2.45, 2.75) is 52.6 Å². The molecule has 4 nitrogen and oxygen atoms in total. The lowest BCUT2D eigenvalue weighted by molar-refractivity contribution is 0.129. The molecule has 0 saturated heterocycles. The summed E-state index contributed by atoms with van der Waals surface area (Å²) in [6.07, 6.45) is 2.02. The number of rotatable bonds is 4. The molecule has 0 spiro atoms. The molecule has 0 aromatic carbocycles. The predicted molar refractivity (Wildman–Crippen MR) is 57.1 cm³/mol. The molecule has 1 unspecified atom stereocenters. The van der Waals surface area contributed by atoms with Crippen LogP contribution in [0.2, 0.25) is 0 Å². The smallest absolute Gasteiger partial charge is 0.200 e. The summed E-state index contributed by atoms with van der Waals surface area (Å²) >= 11 is 0. The van der Waals surface area contributed by atoms with Gasteiger partial charge >= 0.3 is 0 Å². The van der Waals surface area contributed by atoms with E-state index in [0.29, 0.717) is 0 Å². The monoisotopic (exact) mass is 220 g/mol. The fourth-order valence-electron chi connectivity index (χ4n) is 1.62. The van der Waals surface area contributed by atoms with Gasteiger partial charge in [0.25, 0.3) is 10.2 Å². The molecule has 1 saturated carbocycles. The molecule has 14 heavy (non-hydrogen) atoms. The van der Waals surface area contributed by atoms with Gasteiger partial charge in [0, 0.05) is 12.1 Å². The summed E-state index contributed by atoms with van der Waals surface area (Å²) in [5.74, 6) is 0. The largest absolute Gasteiger partial charge is 0.277 e. The Labute approximate surface area is 86.6 Å². The molecule has 1 aliphatic carbocycles. The Kier molecular flexibility index (Phi) is 3.23. The van der Waals surface area contributed by atoms with Gasteiger partial charge < -0.3 is 0 Å². The van der Waals surface area contributed by atoms with Gasteiger partial charge in [-0.15, -0.1) is 0 Å². The highest BCUT2D eigenvalue weighted by atomic mass is 32.2. The standard InChI is InChI=1S/C9H20N2O2S/c1-7(2)10-14(12,13)11-8-5-6-9(8,3)4/h7-8,10-11H,5-6H2,1-4H3. The van der Waals surface area contributed by atoms with Gasteiger partial charge in [-0.3, -0.25) is 0 Å². The number of hydrogen-bond donors (Lipinski definition) is 2. The van der Waals surface area contributed by atoms with Crippen molar-refractivity contribution in [3.05, 3.63) is 0 Å². The maximum absolute atomic E-state index is 11.5. The van der Waals surface area contributed by atoms with Crippen LogP contribution in [0.15, 0.2) is 0 Å². The molecule has 5 heteroatoms. The average molecular weight is 220 g/mol. The van der Waals surface area contributed by atoms with Gasteiger partial charge in [-0.25, -0.2) is 0 Å². The van der Waals surface area contributed by atoms with E-state index in [1.807, 2.05) is 13.8 Å². The summed E-state index contributed by atoms with van der Waals surface area (Å²) in [5, 5.41) is 0. The summed E-state index contributed by atoms with van der Waals surface area (Å²) < 4.78 is 28.2. The molecule has 0 aromatic heterocycles. The van der Waals surface area contributed by atoms with E-state index in [-0.39, 0.29) is 17.5 Å². The minimum absolute atomic E-state index is 0.0595. The topological polar surface area (TPSA) is 58.2 Å². The quantitative estimate of drug-likeness (QED) is 0.743. The fourth-order valence-corrected chi connectivity index (χ4v) is 3.12. The minimum atomic E-state index is -3.31. The summed E-state index contributed by atoms with van der Waals surface area (Å²) in [6.45, 7) is 7.79. The van der Waals surface area contributed by atoms with Crippen LogP contribution in [0.3, 0.4) is 0 Å². The molecule has 1 rings (SSSR count). The molecule has 1 atom stereocenters. The van der Waals surface area contributed by atoms with E-state index in [9.17, 15) is 8.42 Å². The maximum atomic E-state index is 11.5. The van der Waals surface area contributed by atoms with Crippen molar-refractivity contribution in [2.24, 2.45) is 5.41 Å². The first-order valence-electron chi connectivity index (χ1n) is 5.02. The average Bonchev–Trinajstić information content (AvgIpc) is 1.96. The number of nitrogens with one attached hydrogen (secondary N) is 2. The first kappa shape index (κ1) is 11.9. The molecule has 1 fully saturated rings. The molecule has 0 amide bonds. The van der Waals surface area contributed by atoms with Crippen LogP contribution in [0.1, 0.15) is 40.5 Å². The zero-order valence-corrected chi connectivity index (χ0v) is 10.1. The van der Waals surface area contributed by atoms with Crippen LogP contribution in [0, 0.1) is 5.41 Å². The van der Waals surface area contributed by atoms with Crippen molar-refractivity contribution in [1.29, 1.82) is 0 Å². The zero-order chi connectivity index (χ0) is 11.0. The van der Waals surface area contributed by atoms with Crippen LogP contribution in [0.4, 0.5) is 0 Å². The summed E-state index contributed by atoms with van der Waals surface area (Å²) in [6, 6.07) is 0.0226. The lowest BCUT2D eigenvalue weighted by atomic mass is 9.68. The second-order valence-corrected chi connectivity index (χ2v) is 6.45. The van der Waals surface area contributed by atoms with Crippen LogP contribution in [-0.2, 0) is 10.2 Å². The van der Waals surface area contributed by atoms with E-state index in [2.05, 4.69) is 23.3 Å². The molecule has 2 N–H and O–H groups in total. The second kappa shape index (κ2) is 3.79.